The number of aromatic nitrogens is 1. The van der Waals surface area contributed by atoms with Crippen molar-refractivity contribution in [1.82, 2.24) is 0 Å². The predicted octanol–water partition coefficient (Wildman–Crippen LogP) is -1.88. The average Bonchev–Trinajstić information content (AvgIpc) is 2.48. The average molecular weight is 359 g/mol. The number of nitrogens with two attached hydrogens (primary N) is 1. The smallest absolute Gasteiger partial charge is 0.844 e. The van der Waals surface area contributed by atoms with Gasteiger partial charge in [0.15, 0.2) is 11.2 Å². The summed E-state index contributed by atoms with van der Waals surface area (Å²) < 4.78 is 1.52. The zero-order chi connectivity index (χ0) is 14.8. The summed E-state index contributed by atoms with van der Waals surface area (Å²) in [5, 5.41) is 20.3. The normalized spacial score (nSPS) is 10.3. The van der Waals surface area contributed by atoms with E-state index in [0.29, 0.717) is 12.1 Å². The van der Waals surface area contributed by atoms with E-state index in [2.05, 4.69) is 0 Å². The Labute approximate surface area is 139 Å². The molecule has 0 saturated heterocycles. The van der Waals surface area contributed by atoms with Crippen molar-refractivity contribution >= 4 is 23.8 Å². The molecule has 0 aliphatic carbocycles. The van der Waals surface area contributed by atoms with E-state index < -0.39 is 7.25 Å². The number of benzene rings is 2. The lowest BCUT2D eigenvalue weighted by molar-refractivity contribution is -0.543. The molecule has 4 nitrogen and oxygen atoms in total. The summed E-state index contributed by atoms with van der Waals surface area (Å²) in [5.74, 6) is 0. The lowest BCUT2D eigenvalue weighted by Crippen LogP contribution is -3.00. The minimum Gasteiger partial charge on any atom is -1.00 e. The molecule has 1 aromatic heterocycles. The summed E-state index contributed by atoms with van der Waals surface area (Å²) in [5.41, 5.74) is 9.11. The maximum Gasteiger partial charge on any atom is 0.844 e. The predicted molar refractivity (Wildman–Crippen MR) is 83.4 cm³/mol. The lowest BCUT2D eigenvalue weighted by Gasteiger charge is -2.07. The second-order valence-electron chi connectivity index (χ2n) is 5.02. The Bertz CT molecular complexity index is 782. The van der Waals surface area contributed by atoms with Gasteiger partial charge in [0.25, 0.3) is 0 Å². The fourth-order valence-corrected chi connectivity index (χ4v) is 2.57. The van der Waals surface area contributed by atoms with Crippen LogP contribution in [0.5, 0.6) is 0 Å². The van der Waals surface area contributed by atoms with Gasteiger partial charge in [0, 0.05) is 23.2 Å². The number of anilines is 1. The molecular weight excluding hydrogens is 343 g/mol. The number of fused-ring (bicyclic) bond motifs is 1. The van der Waals surface area contributed by atoms with Crippen molar-refractivity contribution < 1.29 is 31.5 Å². The fourth-order valence-electron chi connectivity index (χ4n) is 2.57. The molecule has 0 spiro atoms. The maximum atomic E-state index is 9.74. The van der Waals surface area contributed by atoms with Crippen LogP contribution in [-0.2, 0) is 6.42 Å². The third-order valence-corrected chi connectivity index (χ3v) is 3.53. The number of nitrogens with zero attached hydrogens (tertiary/aromatic N) is 1. The zero-order valence-corrected chi connectivity index (χ0v) is 13.4. The number of halogens is 1. The Morgan fingerprint density at radius 2 is 1.68 bits per heavy atom. The number of rotatable bonds is 3. The van der Waals surface area contributed by atoms with Crippen molar-refractivity contribution in [2.45, 2.75) is 6.42 Å². The second-order valence-corrected chi connectivity index (χ2v) is 5.02. The third kappa shape index (κ3) is 3.30. The van der Waals surface area contributed by atoms with E-state index in [4.69, 9.17) is 5.73 Å². The van der Waals surface area contributed by atoms with Crippen LogP contribution < -0.4 is 27.2 Å². The van der Waals surface area contributed by atoms with Gasteiger partial charge < -0.3 is 32.8 Å². The first-order valence-corrected chi connectivity index (χ1v) is 6.78. The van der Waals surface area contributed by atoms with Gasteiger partial charge in [0.1, 0.15) is 0 Å². The summed E-state index contributed by atoms with van der Waals surface area (Å²) >= 11 is 0. The summed E-state index contributed by atoms with van der Waals surface area (Å²) in [7, 11) is -1.59. The molecule has 0 atom stereocenters. The first kappa shape index (κ1) is 16.5. The van der Waals surface area contributed by atoms with Crippen LogP contribution in [0.2, 0.25) is 0 Å². The molecule has 0 amide bonds. The van der Waals surface area contributed by atoms with Crippen LogP contribution in [0.3, 0.4) is 0 Å². The minimum atomic E-state index is -1.59. The standard InChI is InChI=1S/C16H16BN2O2.BrH/c18-14-7-9-16-13(11-14)6-8-15(19(16)17(20)21)10-12-4-2-1-3-5-12;/h1-9,11,20-21H,10,18H2;1H/q+1;/p-1. The molecule has 0 saturated carbocycles. The van der Waals surface area contributed by atoms with Crippen molar-refractivity contribution in [1.29, 1.82) is 0 Å². The summed E-state index contributed by atoms with van der Waals surface area (Å²) in [6, 6.07) is 19.2. The number of nitrogen functional groups attached to an aromatic ring is 1. The Kier molecular flexibility index (Phi) is 5.18. The van der Waals surface area contributed by atoms with Crippen molar-refractivity contribution in [3.8, 4) is 0 Å². The Morgan fingerprint density at radius 1 is 0.955 bits per heavy atom. The van der Waals surface area contributed by atoms with Crippen LogP contribution >= 0.6 is 0 Å². The van der Waals surface area contributed by atoms with Gasteiger partial charge in [0.05, 0.1) is 6.42 Å². The van der Waals surface area contributed by atoms with E-state index >= 15 is 0 Å². The van der Waals surface area contributed by atoms with E-state index in [1.807, 2.05) is 48.5 Å². The minimum absolute atomic E-state index is 0. The third-order valence-electron chi connectivity index (χ3n) is 3.53. The van der Waals surface area contributed by atoms with Crippen LogP contribution in [0, 0.1) is 0 Å². The molecule has 4 N–H and O–H groups in total. The quantitative estimate of drug-likeness (QED) is 0.379. The van der Waals surface area contributed by atoms with Crippen molar-refractivity contribution in [2.24, 2.45) is 0 Å². The van der Waals surface area contributed by atoms with Gasteiger partial charge in [-0.3, -0.25) is 0 Å². The van der Waals surface area contributed by atoms with Gasteiger partial charge in [-0.1, -0.05) is 30.3 Å². The van der Waals surface area contributed by atoms with Crippen LogP contribution in [-0.4, -0.2) is 17.3 Å². The van der Waals surface area contributed by atoms with Gasteiger partial charge in [0.2, 0.25) is 0 Å². The van der Waals surface area contributed by atoms with E-state index in [-0.39, 0.29) is 17.0 Å². The molecule has 3 aromatic rings. The fraction of sp³-hybridized carbons (Fsp3) is 0.0625. The van der Waals surface area contributed by atoms with Crippen molar-refractivity contribution in [2.75, 3.05) is 5.73 Å². The highest BCUT2D eigenvalue weighted by Gasteiger charge is 2.31. The van der Waals surface area contributed by atoms with Crippen molar-refractivity contribution in [3.05, 3.63) is 71.9 Å². The van der Waals surface area contributed by atoms with Gasteiger partial charge in [-0.15, -0.1) is 0 Å². The Hall–Kier alpha value is -1.89. The van der Waals surface area contributed by atoms with E-state index in [1.165, 1.54) is 4.48 Å². The molecule has 0 fully saturated rings. The highest BCUT2D eigenvalue weighted by Crippen LogP contribution is 2.16. The summed E-state index contributed by atoms with van der Waals surface area (Å²) in [6.07, 6.45) is 0.624. The van der Waals surface area contributed by atoms with Crippen molar-refractivity contribution in [3.63, 3.8) is 0 Å². The van der Waals surface area contributed by atoms with Crippen LogP contribution in [0.4, 0.5) is 5.69 Å². The molecule has 0 aliphatic rings. The Balaban J connectivity index is 0.00000176. The molecule has 2 aromatic carbocycles. The van der Waals surface area contributed by atoms with Gasteiger partial charge in [-0.2, -0.15) is 0 Å². The van der Waals surface area contributed by atoms with Gasteiger partial charge >= 0.3 is 7.25 Å². The van der Waals surface area contributed by atoms with Crippen LogP contribution in [0.15, 0.2) is 60.7 Å². The first-order chi connectivity index (χ1) is 10.1. The second kappa shape index (κ2) is 6.92. The molecular formula is C16H16BBrN2O2. The van der Waals surface area contributed by atoms with Gasteiger partial charge in [-0.25, -0.2) is 4.48 Å². The molecule has 0 radical (unpaired) electrons. The number of hydrogen-bond acceptors (Lipinski definition) is 3. The first-order valence-electron chi connectivity index (χ1n) is 6.78. The molecule has 0 bridgehead atoms. The molecule has 0 aliphatic heterocycles. The lowest BCUT2D eigenvalue weighted by atomic mass is 10.0. The molecule has 6 heteroatoms. The monoisotopic (exact) mass is 358 g/mol. The molecule has 0 unspecified atom stereocenters. The molecule has 22 heavy (non-hydrogen) atoms. The molecule has 1 heterocycles. The Morgan fingerprint density at radius 3 is 2.36 bits per heavy atom. The summed E-state index contributed by atoms with van der Waals surface area (Å²) in [4.78, 5) is 0. The maximum absolute atomic E-state index is 9.74. The van der Waals surface area contributed by atoms with E-state index in [0.717, 1.165) is 22.2 Å². The number of pyridine rings is 1. The SMILES string of the molecule is Nc1ccc2c(ccc(Cc3ccccc3)[n+]2B(O)O)c1.[Br-]. The van der Waals surface area contributed by atoms with Gasteiger partial charge in [-0.05, 0) is 23.8 Å². The topological polar surface area (TPSA) is 70.4 Å². The van der Waals surface area contributed by atoms with E-state index in [9.17, 15) is 10.0 Å². The van der Waals surface area contributed by atoms with Crippen LogP contribution in [0.1, 0.15) is 11.3 Å². The number of hydrogen-bond donors (Lipinski definition) is 3. The zero-order valence-electron chi connectivity index (χ0n) is 11.9. The van der Waals surface area contributed by atoms with E-state index in [1.54, 1.807) is 12.1 Å². The molecule has 3 rings (SSSR count). The highest BCUT2D eigenvalue weighted by molar-refractivity contribution is 6.30. The highest BCUT2D eigenvalue weighted by atomic mass is 79.9. The van der Waals surface area contributed by atoms with Crippen LogP contribution in [0.25, 0.3) is 10.9 Å². The largest absolute Gasteiger partial charge is 1.00 e. The summed E-state index contributed by atoms with van der Waals surface area (Å²) in [6.45, 7) is 0. The molecule has 112 valence electrons.